The number of hydrogen-bond acceptors (Lipinski definition) is 1. The minimum Gasteiger partial charge on any atom is -0.398 e. The van der Waals surface area contributed by atoms with Crippen LogP contribution in [0.4, 0.5) is 5.69 Å². The van der Waals surface area contributed by atoms with Gasteiger partial charge in [-0.1, -0.05) is 49.1 Å². The highest BCUT2D eigenvalue weighted by atomic mass is 14.6. The van der Waals surface area contributed by atoms with E-state index in [2.05, 4.69) is 24.8 Å². The standard InChI is InChI=1S/C15H15N/c1-3-12-6-4-5-7-14(12)13-9-8-11(2)15(16)10-13/h3-10H,1,16H2,2H3. The lowest BCUT2D eigenvalue weighted by molar-refractivity contribution is 1.46. The van der Waals surface area contributed by atoms with Gasteiger partial charge in [0.25, 0.3) is 0 Å². The molecule has 0 aliphatic carbocycles. The fourth-order valence-electron chi connectivity index (χ4n) is 1.75. The fraction of sp³-hybridized carbons (Fsp3) is 0.0667. The van der Waals surface area contributed by atoms with Crippen LogP contribution in [0.5, 0.6) is 0 Å². The number of aryl methyl sites for hydroxylation is 1. The van der Waals surface area contributed by atoms with Crippen LogP contribution in [0.2, 0.25) is 0 Å². The molecule has 0 fully saturated rings. The van der Waals surface area contributed by atoms with Gasteiger partial charge in [0.15, 0.2) is 0 Å². The molecule has 2 aromatic carbocycles. The number of anilines is 1. The second-order valence-electron chi connectivity index (χ2n) is 3.86. The molecule has 1 heteroatoms. The quantitative estimate of drug-likeness (QED) is 0.746. The molecule has 0 atom stereocenters. The van der Waals surface area contributed by atoms with Gasteiger partial charge in [-0.2, -0.15) is 0 Å². The normalized spacial score (nSPS) is 10.1. The summed E-state index contributed by atoms with van der Waals surface area (Å²) in [6.45, 7) is 5.84. The maximum Gasteiger partial charge on any atom is 0.0349 e. The van der Waals surface area contributed by atoms with E-state index in [1.165, 1.54) is 5.56 Å². The van der Waals surface area contributed by atoms with Crippen LogP contribution in [-0.2, 0) is 0 Å². The van der Waals surface area contributed by atoms with Crippen LogP contribution in [0.15, 0.2) is 49.0 Å². The molecule has 1 nitrogen and oxygen atoms in total. The van der Waals surface area contributed by atoms with Crippen molar-refractivity contribution in [1.82, 2.24) is 0 Å². The van der Waals surface area contributed by atoms with E-state index in [0.29, 0.717) is 0 Å². The summed E-state index contributed by atoms with van der Waals surface area (Å²) in [5.41, 5.74) is 11.3. The van der Waals surface area contributed by atoms with E-state index in [9.17, 15) is 0 Å². The topological polar surface area (TPSA) is 26.0 Å². The molecule has 0 saturated heterocycles. The van der Waals surface area contributed by atoms with E-state index in [-0.39, 0.29) is 0 Å². The Morgan fingerprint density at radius 2 is 1.88 bits per heavy atom. The molecule has 0 spiro atoms. The first kappa shape index (κ1) is 10.5. The molecule has 16 heavy (non-hydrogen) atoms. The van der Waals surface area contributed by atoms with Crippen molar-refractivity contribution in [3.63, 3.8) is 0 Å². The van der Waals surface area contributed by atoms with Crippen LogP contribution in [0, 0.1) is 6.92 Å². The molecule has 0 aromatic heterocycles. The Morgan fingerprint density at radius 3 is 2.56 bits per heavy atom. The Bertz CT molecular complexity index is 527. The maximum atomic E-state index is 5.92. The lowest BCUT2D eigenvalue weighted by Gasteiger charge is -2.08. The van der Waals surface area contributed by atoms with Crippen LogP contribution in [0.25, 0.3) is 17.2 Å². The van der Waals surface area contributed by atoms with Gasteiger partial charge in [0.05, 0.1) is 0 Å². The average Bonchev–Trinajstić information content (AvgIpc) is 2.32. The van der Waals surface area contributed by atoms with E-state index >= 15 is 0 Å². The van der Waals surface area contributed by atoms with Crippen LogP contribution in [0.3, 0.4) is 0 Å². The summed E-state index contributed by atoms with van der Waals surface area (Å²) in [5, 5.41) is 0. The van der Waals surface area contributed by atoms with Gasteiger partial charge in [0, 0.05) is 5.69 Å². The largest absolute Gasteiger partial charge is 0.398 e. The minimum atomic E-state index is 0.830. The first-order chi connectivity index (χ1) is 7.72. The van der Waals surface area contributed by atoms with Gasteiger partial charge in [-0.3, -0.25) is 0 Å². The molecule has 2 N–H and O–H groups in total. The maximum absolute atomic E-state index is 5.92. The number of benzene rings is 2. The molecule has 2 rings (SSSR count). The molecule has 0 saturated carbocycles. The van der Waals surface area contributed by atoms with Crippen molar-refractivity contribution in [3.05, 3.63) is 60.2 Å². The summed E-state index contributed by atoms with van der Waals surface area (Å²) in [6, 6.07) is 14.3. The Morgan fingerprint density at radius 1 is 1.12 bits per heavy atom. The summed E-state index contributed by atoms with van der Waals surface area (Å²) in [7, 11) is 0. The van der Waals surface area contributed by atoms with Gasteiger partial charge >= 0.3 is 0 Å². The number of nitrogen functional groups attached to an aromatic ring is 1. The van der Waals surface area contributed by atoms with Crippen molar-refractivity contribution in [2.24, 2.45) is 0 Å². The lowest BCUT2D eigenvalue weighted by Crippen LogP contribution is -1.90. The smallest absolute Gasteiger partial charge is 0.0349 e. The monoisotopic (exact) mass is 209 g/mol. The molecule has 0 unspecified atom stereocenters. The predicted molar refractivity (Wildman–Crippen MR) is 71.1 cm³/mol. The minimum absolute atomic E-state index is 0.830. The molecule has 0 amide bonds. The third-order valence-corrected chi connectivity index (χ3v) is 2.77. The summed E-state index contributed by atoms with van der Waals surface area (Å²) in [5.74, 6) is 0. The first-order valence-electron chi connectivity index (χ1n) is 5.30. The van der Waals surface area contributed by atoms with Crippen LogP contribution in [-0.4, -0.2) is 0 Å². The lowest BCUT2D eigenvalue weighted by atomic mass is 9.98. The third-order valence-electron chi connectivity index (χ3n) is 2.77. The second kappa shape index (κ2) is 4.23. The highest BCUT2D eigenvalue weighted by Gasteiger charge is 2.03. The first-order valence-corrected chi connectivity index (χ1v) is 5.30. The molecule has 2 aromatic rings. The summed E-state index contributed by atoms with van der Waals surface area (Å²) < 4.78 is 0. The zero-order valence-electron chi connectivity index (χ0n) is 9.40. The van der Waals surface area contributed by atoms with Gasteiger partial charge in [-0.05, 0) is 35.2 Å². The Kier molecular flexibility index (Phi) is 2.78. The van der Waals surface area contributed by atoms with Crippen LogP contribution < -0.4 is 5.73 Å². The van der Waals surface area contributed by atoms with Crippen molar-refractivity contribution >= 4 is 11.8 Å². The van der Waals surface area contributed by atoms with E-state index < -0.39 is 0 Å². The summed E-state index contributed by atoms with van der Waals surface area (Å²) >= 11 is 0. The van der Waals surface area contributed by atoms with E-state index in [0.717, 1.165) is 22.4 Å². The van der Waals surface area contributed by atoms with Crippen molar-refractivity contribution in [2.45, 2.75) is 6.92 Å². The van der Waals surface area contributed by atoms with Gasteiger partial charge in [-0.15, -0.1) is 0 Å². The molecule has 80 valence electrons. The Labute approximate surface area is 96.2 Å². The van der Waals surface area contributed by atoms with Gasteiger partial charge < -0.3 is 5.73 Å². The summed E-state index contributed by atoms with van der Waals surface area (Å²) in [4.78, 5) is 0. The van der Waals surface area contributed by atoms with Crippen molar-refractivity contribution < 1.29 is 0 Å². The highest BCUT2D eigenvalue weighted by molar-refractivity contribution is 5.77. The van der Waals surface area contributed by atoms with Crippen LogP contribution >= 0.6 is 0 Å². The van der Waals surface area contributed by atoms with Gasteiger partial charge in [0.1, 0.15) is 0 Å². The summed E-state index contributed by atoms with van der Waals surface area (Å²) in [6.07, 6.45) is 1.87. The molecule has 0 aliphatic heterocycles. The SMILES string of the molecule is C=Cc1ccccc1-c1ccc(C)c(N)c1. The van der Waals surface area contributed by atoms with Gasteiger partial charge in [-0.25, -0.2) is 0 Å². The number of hydrogen-bond donors (Lipinski definition) is 1. The van der Waals surface area contributed by atoms with Gasteiger partial charge in [0.2, 0.25) is 0 Å². The molecule has 0 aliphatic rings. The molecular weight excluding hydrogens is 194 g/mol. The molecule has 0 heterocycles. The predicted octanol–water partition coefficient (Wildman–Crippen LogP) is 3.89. The Balaban J connectivity index is 2.58. The number of nitrogens with two attached hydrogens (primary N) is 1. The second-order valence-corrected chi connectivity index (χ2v) is 3.86. The highest BCUT2D eigenvalue weighted by Crippen LogP contribution is 2.27. The van der Waals surface area contributed by atoms with Crippen molar-refractivity contribution in [1.29, 1.82) is 0 Å². The molecule has 0 radical (unpaired) electrons. The fourth-order valence-corrected chi connectivity index (χ4v) is 1.75. The zero-order valence-corrected chi connectivity index (χ0v) is 9.40. The zero-order chi connectivity index (χ0) is 11.5. The van der Waals surface area contributed by atoms with Crippen LogP contribution in [0.1, 0.15) is 11.1 Å². The third kappa shape index (κ3) is 1.84. The number of rotatable bonds is 2. The molecule has 0 bridgehead atoms. The van der Waals surface area contributed by atoms with E-state index in [1.54, 1.807) is 0 Å². The van der Waals surface area contributed by atoms with Crippen molar-refractivity contribution in [3.8, 4) is 11.1 Å². The Hall–Kier alpha value is -2.02. The van der Waals surface area contributed by atoms with E-state index in [1.807, 2.05) is 37.3 Å². The molecular formula is C15H15N. The van der Waals surface area contributed by atoms with E-state index in [4.69, 9.17) is 5.73 Å². The van der Waals surface area contributed by atoms with Crippen molar-refractivity contribution in [2.75, 3.05) is 5.73 Å². The average molecular weight is 209 g/mol.